The minimum Gasteiger partial charge on any atom is -0.444 e. The van der Waals surface area contributed by atoms with Gasteiger partial charge in [0.05, 0.1) is 4.92 Å². The highest BCUT2D eigenvalue weighted by Crippen LogP contribution is 2.31. The fourth-order valence-electron chi connectivity index (χ4n) is 4.03. The van der Waals surface area contributed by atoms with Crippen LogP contribution >= 0.6 is 0 Å². The number of alkyl halides is 3. The molecule has 1 heterocycles. The molecule has 1 aromatic rings. The van der Waals surface area contributed by atoms with Crippen molar-refractivity contribution >= 4 is 23.4 Å². The van der Waals surface area contributed by atoms with Crippen LogP contribution in [0.5, 0.6) is 0 Å². The topological polar surface area (TPSA) is 105 Å². The van der Waals surface area contributed by atoms with Gasteiger partial charge >= 0.3 is 18.2 Å². The van der Waals surface area contributed by atoms with Crippen LogP contribution in [0.1, 0.15) is 66.9 Å². The van der Waals surface area contributed by atoms with Crippen LogP contribution in [0.15, 0.2) is 18.2 Å². The lowest BCUT2D eigenvalue weighted by molar-refractivity contribution is -0.384. The van der Waals surface area contributed by atoms with Crippen molar-refractivity contribution in [3.63, 3.8) is 0 Å². The van der Waals surface area contributed by atoms with E-state index < -0.39 is 34.7 Å². The van der Waals surface area contributed by atoms with Gasteiger partial charge in [-0.25, -0.2) is 4.79 Å². The fraction of sp³-hybridized carbons (Fsp3) is 0.680. The number of halogens is 3. The van der Waals surface area contributed by atoms with Gasteiger partial charge in [0.1, 0.15) is 11.3 Å². The largest absolute Gasteiger partial charge is 0.471 e. The maximum absolute atomic E-state index is 13.0. The third-order valence-electron chi connectivity index (χ3n) is 6.37. The summed E-state index contributed by atoms with van der Waals surface area (Å²) in [7, 11) is 0. The molecule has 0 bridgehead atoms. The summed E-state index contributed by atoms with van der Waals surface area (Å²) in [5.74, 6) is -1.91. The van der Waals surface area contributed by atoms with Crippen molar-refractivity contribution < 1.29 is 32.4 Å². The molecule has 1 N–H and O–H groups in total. The molecule has 37 heavy (non-hydrogen) atoms. The fourth-order valence-corrected chi connectivity index (χ4v) is 4.03. The van der Waals surface area contributed by atoms with Crippen molar-refractivity contribution in [1.29, 1.82) is 0 Å². The van der Waals surface area contributed by atoms with Crippen LogP contribution < -0.4 is 5.32 Å². The molecule has 2 amide bonds. The molecule has 1 aliphatic heterocycles. The van der Waals surface area contributed by atoms with Gasteiger partial charge in [0, 0.05) is 37.8 Å². The summed E-state index contributed by atoms with van der Waals surface area (Å²) in [4.78, 5) is 38.2. The number of hydrogen-bond acceptors (Lipinski definition) is 6. The van der Waals surface area contributed by atoms with Crippen molar-refractivity contribution in [3.05, 3.63) is 33.9 Å². The second-order valence-electron chi connectivity index (χ2n) is 11.4. The molecule has 0 aliphatic carbocycles. The molecule has 12 heteroatoms. The second-order valence-corrected chi connectivity index (χ2v) is 11.4. The Morgan fingerprint density at radius 3 is 2.35 bits per heavy atom. The molecule has 1 aromatic carbocycles. The monoisotopic (exact) mass is 530 g/mol. The van der Waals surface area contributed by atoms with Crippen LogP contribution in [0.3, 0.4) is 0 Å². The molecule has 0 aromatic heterocycles. The Labute approximate surface area is 215 Å². The van der Waals surface area contributed by atoms with Gasteiger partial charge in [-0.05, 0) is 57.6 Å². The summed E-state index contributed by atoms with van der Waals surface area (Å²) in [6.45, 7) is 13.0. The third-order valence-corrected chi connectivity index (χ3v) is 6.37. The number of nitrogens with zero attached hydrogens (tertiary/aromatic N) is 3. The Morgan fingerprint density at radius 2 is 1.84 bits per heavy atom. The Morgan fingerprint density at radius 1 is 1.22 bits per heavy atom. The number of nitrogens with one attached hydrogen (secondary N) is 1. The normalized spacial score (nSPS) is 17.4. The summed E-state index contributed by atoms with van der Waals surface area (Å²) in [5.41, 5.74) is -0.696. The van der Waals surface area contributed by atoms with Gasteiger partial charge in [0.2, 0.25) is 0 Å². The zero-order valence-electron chi connectivity index (χ0n) is 22.4. The lowest BCUT2D eigenvalue weighted by Gasteiger charge is -2.38. The molecule has 208 valence electrons. The number of rotatable bonds is 7. The van der Waals surface area contributed by atoms with E-state index in [1.165, 1.54) is 17.0 Å². The maximum atomic E-state index is 13.0. The molecule has 1 fully saturated rings. The number of nitro benzene ring substituents is 1. The van der Waals surface area contributed by atoms with E-state index in [-0.39, 0.29) is 42.5 Å². The minimum absolute atomic E-state index is 0.0157. The predicted molar refractivity (Wildman–Crippen MR) is 133 cm³/mol. The van der Waals surface area contributed by atoms with E-state index in [9.17, 15) is 32.9 Å². The maximum Gasteiger partial charge on any atom is 0.471 e. The van der Waals surface area contributed by atoms with Gasteiger partial charge in [-0.2, -0.15) is 13.2 Å². The van der Waals surface area contributed by atoms with Crippen molar-refractivity contribution in [2.45, 2.75) is 91.7 Å². The summed E-state index contributed by atoms with van der Waals surface area (Å²) in [5, 5.41) is 14.7. The van der Waals surface area contributed by atoms with Crippen molar-refractivity contribution in [2.24, 2.45) is 5.41 Å². The number of carbonyl (C=O) groups excluding carboxylic acids is 2. The van der Waals surface area contributed by atoms with Crippen LogP contribution in [0.25, 0.3) is 0 Å². The number of benzene rings is 1. The highest BCUT2D eigenvalue weighted by atomic mass is 19.4. The van der Waals surface area contributed by atoms with Crippen molar-refractivity contribution in [3.8, 4) is 0 Å². The summed E-state index contributed by atoms with van der Waals surface area (Å²) >= 11 is 0. The molecule has 0 saturated carbocycles. The Bertz CT molecular complexity index is 1000. The average Bonchev–Trinajstić information content (AvgIpc) is 3.21. The van der Waals surface area contributed by atoms with Crippen LogP contribution in [0, 0.1) is 15.5 Å². The number of anilines is 1. The van der Waals surface area contributed by atoms with Gasteiger partial charge in [-0.1, -0.05) is 26.8 Å². The average molecular weight is 531 g/mol. The standard InChI is InChI=1S/C25H37F3N4O5/c1-16(23(2,3)4)31(22(34)37-24(5,6)7)15-17-10-11-19(20(13-17)32(35)36)29-14-18-9-8-12-30(18)21(33)25(26,27)28/h10-11,13,16,18,29H,8-9,12,14-15H2,1-7H3/t16-,18?/m0/s1. The van der Waals surface area contributed by atoms with Gasteiger partial charge in [-0.15, -0.1) is 0 Å². The summed E-state index contributed by atoms with van der Waals surface area (Å²) in [6, 6.07) is 3.42. The predicted octanol–water partition coefficient (Wildman–Crippen LogP) is 5.73. The summed E-state index contributed by atoms with van der Waals surface area (Å²) < 4.78 is 44.3. The molecule has 9 nitrogen and oxygen atoms in total. The number of likely N-dealkylation sites (tertiary alicyclic amines) is 1. The van der Waals surface area contributed by atoms with E-state index in [1.807, 2.05) is 27.7 Å². The zero-order chi connectivity index (χ0) is 28.3. The van der Waals surface area contributed by atoms with Gasteiger partial charge in [0.15, 0.2) is 0 Å². The smallest absolute Gasteiger partial charge is 0.444 e. The van der Waals surface area contributed by atoms with E-state index in [4.69, 9.17) is 4.74 Å². The van der Waals surface area contributed by atoms with E-state index in [2.05, 4.69) is 5.32 Å². The van der Waals surface area contributed by atoms with E-state index in [0.717, 1.165) is 4.90 Å². The Balaban J connectivity index is 2.26. The van der Waals surface area contributed by atoms with Crippen LogP contribution in [0.2, 0.25) is 0 Å². The van der Waals surface area contributed by atoms with Gasteiger partial charge < -0.3 is 19.9 Å². The molecule has 0 radical (unpaired) electrons. The summed E-state index contributed by atoms with van der Waals surface area (Å²) in [6.07, 6.45) is -4.74. The second kappa shape index (κ2) is 11.1. The van der Waals surface area contributed by atoms with E-state index in [1.54, 1.807) is 26.8 Å². The number of nitro groups is 1. The first-order valence-electron chi connectivity index (χ1n) is 12.2. The number of ether oxygens (including phenoxy) is 1. The quantitative estimate of drug-likeness (QED) is 0.357. The molecule has 1 unspecified atom stereocenters. The first-order chi connectivity index (χ1) is 16.8. The first-order valence-corrected chi connectivity index (χ1v) is 12.2. The highest BCUT2D eigenvalue weighted by molar-refractivity contribution is 5.82. The number of hydrogen-bond donors (Lipinski definition) is 1. The lowest BCUT2D eigenvalue weighted by atomic mass is 9.87. The third kappa shape index (κ3) is 8.22. The molecular weight excluding hydrogens is 493 g/mol. The van der Waals surface area contributed by atoms with E-state index >= 15 is 0 Å². The van der Waals surface area contributed by atoms with Gasteiger partial charge in [-0.3, -0.25) is 14.9 Å². The molecule has 2 rings (SSSR count). The lowest BCUT2D eigenvalue weighted by Crippen LogP contribution is -2.47. The van der Waals surface area contributed by atoms with Crippen LogP contribution in [-0.2, 0) is 16.1 Å². The van der Waals surface area contributed by atoms with Crippen molar-refractivity contribution in [1.82, 2.24) is 9.80 Å². The highest BCUT2D eigenvalue weighted by Gasteiger charge is 2.46. The zero-order valence-corrected chi connectivity index (χ0v) is 22.4. The SMILES string of the molecule is C[C@H](N(Cc1ccc(NCC2CCCN2C(=O)C(F)(F)F)c([N+](=O)[O-])c1)C(=O)OC(C)(C)C)C(C)(C)C. The first kappa shape index (κ1) is 30.2. The molecule has 0 spiro atoms. The van der Waals surface area contributed by atoms with Crippen molar-refractivity contribution in [2.75, 3.05) is 18.4 Å². The number of carbonyl (C=O) groups is 2. The molecular formula is C25H37F3N4O5. The Hall–Kier alpha value is -3.05. The molecule has 2 atom stereocenters. The number of amides is 2. The Kier molecular flexibility index (Phi) is 9.08. The molecule has 1 saturated heterocycles. The minimum atomic E-state index is -4.97. The van der Waals surface area contributed by atoms with Gasteiger partial charge in [0.25, 0.3) is 5.69 Å². The molecule has 1 aliphatic rings. The van der Waals surface area contributed by atoms with E-state index in [0.29, 0.717) is 18.4 Å². The van der Waals surface area contributed by atoms with Crippen LogP contribution in [0.4, 0.5) is 29.3 Å². The van der Waals surface area contributed by atoms with Crippen LogP contribution in [-0.4, -0.2) is 63.7 Å².